The van der Waals surface area contributed by atoms with Crippen molar-refractivity contribution in [1.29, 1.82) is 0 Å². The molecule has 2 aliphatic rings. The van der Waals surface area contributed by atoms with Crippen molar-refractivity contribution in [3.8, 4) is 5.75 Å². The molecule has 7 heteroatoms. The highest BCUT2D eigenvalue weighted by Crippen LogP contribution is 2.35. The van der Waals surface area contributed by atoms with Gasteiger partial charge in [0.05, 0.1) is 32.0 Å². The molecule has 0 bridgehead atoms. The van der Waals surface area contributed by atoms with E-state index in [1.165, 1.54) is 19.3 Å². The number of ether oxygens (including phenoxy) is 1. The molecule has 1 fully saturated rings. The third-order valence-electron chi connectivity index (χ3n) is 7.46. The van der Waals surface area contributed by atoms with Gasteiger partial charge in [-0.2, -0.15) is 0 Å². The van der Waals surface area contributed by atoms with Gasteiger partial charge in [0.25, 0.3) is 5.91 Å². The van der Waals surface area contributed by atoms with Gasteiger partial charge in [0.2, 0.25) is 5.91 Å². The van der Waals surface area contributed by atoms with E-state index in [9.17, 15) is 9.59 Å². The molecule has 3 aromatic rings. The van der Waals surface area contributed by atoms with Crippen LogP contribution < -0.4 is 10.1 Å². The maximum absolute atomic E-state index is 13.9. The summed E-state index contributed by atoms with van der Waals surface area (Å²) in [5.74, 6) is 1.10. The van der Waals surface area contributed by atoms with Gasteiger partial charge in [0, 0.05) is 17.5 Å². The highest BCUT2D eigenvalue weighted by molar-refractivity contribution is 6.03. The predicted molar refractivity (Wildman–Crippen MR) is 130 cm³/mol. The number of fused-ring (bicyclic) bond motifs is 3. The second-order valence-electron chi connectivity index (χ2n) is 9.80. The number of rotatable bonds is 5. The van der Waals surface area contributed by atoms with Crippen LogP contribution in [0.5, 0.6) is 5.75 Å². The molecule has 1 N–H and O–H groups in total. The highest BCUT2D eigenvalue weighted by atomic mass is 16.5. The first-order chi connectivity index (χ1) is 16.5. The van der Waals surface area contributed by atoms with E-state index in [1.807, 2.05) is 41.8 Å². The summed E-state index contributed by atoms with van der Waals surface area (Å²) in [6.45, 7) is 2.48. The van der Waals surface area contributed by atoms with Crippen LogP contribution in [0, 0.1) is 0 Å². The molecule has 3 heterocycles. The Morgan fingerprint density at radius 2 is 1.91 bits per heavy atom. The first kappa shape index (κ1) is 22.6. The Kier molecular flexibility index (Phi) is 6.11. The van der Waals surface area contributed by atoms with Crippen molar-refractivity contribution in [2.24, 2.45) is 0 Å². The summed E-state index contributed by atoms with van der Waals surface area (Å²) in [6.07, 6.45) is 9.54. The van der Waals surface area contributed by atoms with Crippen molar-refractivity contribution in [3.63, 3.8) is 0 Å². The third kappa shape index (κ3) is 4.08. The molecule has 0 spiro atoms. The van der Waals surface area contributed by atoms with E-state index in [2.05, 4.69) is 5.32 Å². The molecule has 1 aliphatic carbocycles. The molecule has 1 atom stereocenters. The number of methoxy groups -OCH3 is 1. The molecule has 5 rings (SSSR count). The van der Waals surface area contributed by atoms with Crippen molar-refractivity contribution in [2.75, 3.05) is 7.11 Å². The average molecular weight is 464 g/mol. The van der Waals surface area contributed by atoms with Crippen molar-refractivity contribution in [1.82, 2.24) is 14.8 Å². The van der Waals surface area contributed by atoms with E-state index in [-0.39, 0.29) is 24.4 Å². The Hall–Kier alpha value is -3.22. The minimum atomic E-state index is -1.06. The van der Waals surface area contributed by atoms with E-state index in [4.69, 9.17) is 9.15 Å². The fourth-order valence-corrected chi connectivity index (χ4v) is 5.40. The summed E-state index contributed by atoms with van der Waals surface area (Å²) >= 11 is 0. The number of amides is 2. The van der Waals surface area contributed by atoms with E-state index < -0.39 is 5.54 Å². The Balaban J connectivity index is 1.52. The molecule has 34 heavy (non-hydrogen) atoms. The summed E-state index contributed by atoms with van der Waals surface area (Å²) < 4.78 is 13.0. The maximum atomic E-state index is 13.9. The maximum Gasteiger partial charge on any atom is 0.271 e. The molecule has 7 nitrogen and oxygen atoms in total. The number of hydrogen-bond acceptors (Lipinski definition) is 4. The number of benzene rings is 1. The Labute approximate surface area is 200 Å². The van der Waals surface area contributed by atoms with Crippen molar-refractivity contribution >= 4 is 22.7 Å². The summed E-state index contributed by atoms with van der Waals surface area (Å²) in [4.78, 5) is 29.4. The second kappa shape index (κ2) is 9.20. The van der Waals surface area contributed by atoms with Crippen molar-refractivity contribution in [2.45, 2.75) is 76.5 Å². The van der Waals surface area contributed by atoms with Crippen LogP contribution in [0.4, 0.5) is 0 Å². The van der Waals surface area contributed by atoms with Gasteiger partial charge in [-0.3, -0.25) is 9.59 Å². The molecule has 180 valence electrons. The molecule has 2 amide bonds. The lowest BCUT2D eigenvalue weighted by atomic mass is 9.92. The van der Waals surface area contributed by atoms with Crippen LogP contribution in [-0.4, -0.2) is 40.0 Å². The molecule has 1 aromatic carbocycles. The normalized spacial score (nSPS) is 21.7. The van der Waals surface area contributed by atoms with E-state index in [0.717, 1.165) is 42.3 Å². The van der Waals surface area contributed by atoms with E-state index >= 15 is 0 Å². The van der Waals surface area contributed by atoms with Gasteiger partial charge in [-0.15, -0.1) is 0 Å². The number of hydrogen-bond donors (Lipinski definition) is 1. The minimum absolute atomic E-state index is 0.103. The fraction of sp³-hybridized carbons (Fsp3) is 0.481. The van der Waals surface area contributed by atoms with Crippen LogP contribution in [0.2, 0.25) is 0 Å². The average Bonchev–Trinajstić information content (AvgIpc) is 3.46. The molecule has 0 radical (unpaired) electrons. The molecule has 0 saturated heterocycles. The van der Waals surface area contributed by atoms with Gasteiger partial charge in [-0.25, -0.2) is 0 Å². The van der Waals surface area contributed by atoms with E-state index in [0.29, 0.717) is 18.0 Å². The SMILES string of the molecule is COc1ccc2cc3n(c2c1)C[C@](C)(C(=O)NC1CCCCCCC1)N(Cc1ccco1)C3=O. The zero-order chi connectivity index (χ0) is 23.7. The Bertz CT molecular complexity index is 1170. The smallest absolute Gasteiger partial charge is 0.271 e. The first-order valence-corrected chi connectivity index (χ1v) is 12.3. The van der Waals surface area contributed by atoms with Gasteiger partial charge in [-0.05, 0) is 50.1 Å². The van der Waals surface area contributed by atoms with Crippen LogP contribution in [0.25, 0.3) is 10.9 Å². The molecule has 1 saturated carbocycles. The quantitative estimate of drug-likeness (QED) is 0.585. The Morgan fingerprint density at radius 1 is 1.15 bits per heavy atom. The lowest BCUT2D eigenvalue weighted by Crippen LogP contribution is -2.64. The first-order valence-electron chi connectivity index (χ1n) is 12.3. The van der Waals surface area contributed by atoms with Crippen LogP contribution in [-0.2, 0) is 17.9 Å². The fourth-order valence-electron chi connectivity index (χ4n) is 5.40. The van der Waals surface area contributed by atoms with E-state index in [1.54, 1.807) is 24.3 Å². The molecule has 2 aromatic heterocycles. The molecular weight excluding hydrogens is 430 g/mol. The van der Waals surface area contributed by atoms with Gasteiger partial charge < -0.3 is 23.9 Å². The topological polar surface area (TPSA) is 76.7 Å². The summed E-state index contributed by atoms with van der Waals surface area (Å²) in [5, 5.41) is 4.27. The van der Waals surface area contributed by atoms with Gasteiger partial charge >= 0.3 is 0 Å². The van der Waals surface area contributed by atoms with Crippen LogP contribution in [0.3, 0.4) is 0 Å². The summed E-state index contributed by atoms with van der Waals surface area (Å²) in [7, 11) is 1.63. The minimum Gasteiger partial charge on any atom is -0.497 e. The number of nitrogens with zero attached hydrogens (tertiary/aromatic N) is 2. The zero-order valence-electron chi connectivity index (χ0n) is 20.0. The lowest BCUT2D eigenvalue weighted by Gasteiger charge is -2.44. The monoisotopic (exact) mass is 463 g/mol. The summed E-state index contributed by atoms with van der Waals surface area (Å²) in [6, 6.07) is 11.5. The molecule has 0 unspecified atom stereocenters. The number of nitrogens with one attached hydrogen (secondary N) is 1. The Morgan fingerprint density at radius 3 is 2.62 bits per heavy atom. The van der Waals surface area contributed by atoms with Gasteiger partial charge in [0.15, 0.2) is 0 Å². The number of aromatic nitrogens is 1. The summed E-state index contributed by atoms with van der Waals surface area (Å²) in [5.41, 5.74) is 0.408. The van der Waals surface area contributed by atoms with Gasteiger partial charge in [0.1, 0.15) is 22.7 Å². The lowest BCUT2D eigenvalue weighted by molar-refractivity contribution is -0.134. The third-order valence-corrected chi connectivity index (χ3v) is 7.46. The molecule has 1 aliphatic heterocycles. The number of carbonyl (C=O) groups excluding carboxylic acids is 2. The largest absolute Gasteiger partial charge is 0.497 e. The number of furan rings is 1. The van der Waals surface area contributed by atoms with Crippen LogP contribution in [0.1, 0.15) is 68.1 Å². The van der Waals surface area contributed by atoms with Crippen LogP contribution in [0.15, 0.2) is 47.1 Å². The number of carbonyl (C=O) groups is 2. The standard InChI is InChI=1S/C27H33N3O4/c1-27(26(32)28-20-9-6-4-3-5-7-10-20)18-29-23-16-21(33-2)13-12-19(23)15-24(29)25(31)30(27)17-22-11-8-14-34-22/h8,11-16,20H,3-7,9-10,17-18H2,1-2H3,(H,28,32)/t27-/m1/s1. The predicted octanol–water partition coefficient (Wildman–Crippen LogP) is 4.89. The second-order valence-corrected chi connectivity index (χ2v) is 9.80. The van der Waals surface area contributed by atoms with Crippen molar-refractivity contribution in [3.05, 3.63) is 54.1 Å². The molecular formula is C27H33N3O4. The highest BCUT2D eigenvalue weighted by Gasteiger charge is 2.48. The van der Waals surface area contributed by atoms with Gasteiger partial charge in [-0.1, -0.05) is 32.1 Å². The van der Waals surface area contributed by atoms with Crippen LogP contribution >= 0.6 is 0 Å². The zero-order valence-corrected chi connectivity index (χ0v) is 20.0. The van der Waals surface area contributed by atoms with Crippen molar-refractivity contribution < 1.29 is 18.7 Å².